The molecule has 0 spiro atoms. The first-order valence-corrected chi connectivity index (χ1v) is 4.48. The molecule has 1 rings (SSSR count). The molecule has 0 aromatic heterocycles. The second kappa shape index (κ2) is 4.69. The van der Waals surface area contributed by atoms with Crippen molar-refractivity contribution in [2.24, 2.45) is 16.6 Å². The molecule has 1 aliphatic carbocycles. The molecule has 13 heavy (non-hydrogen) atoms. The van der Waals surface area contributed by atoms with Crippen molar-refractivity contribution in [3.8, 4) is 0 Å². The van der Waals surface area contributed by atoms with Crippen molar-refractivity contribution in [1.29, 1.82) is 0 Å². The topological polar surface area (TPSA) is 79.5 Å². The van der Waals surface area contributed by atoms with Gasteiger partial charge in [-0.25, -0.2) is 0 Å². The van der Waals surface area contributed by atoms with Crippen LogP contribution in [0.1, 0.15) is 12.8 Å². The number of hydrogen-bond donors (Lipinski definition) is 3. The second-order valence-electron chi connectivity index (χ2n) is 3.10. The van der Waals surface area contributed by atoms with Crippen LogP contribution in [0.2, 0.25) is 0 Å². The van der Waals surface area contributed by atoms with Crippen LogP contribution in [-0.2, 0) is 4.79 Å². The molecular weight excluding hydrogens is 168 g/mol. The molecule has 0 saturated heterocycles. The van der Waals surface area contributed by atoms with Crippen LogP contribution in [0, 0.1) is 5.92 Å². The Morgan fingerprint density at radius 3 is 2.62 bits per heavy atom. The van der Waals surface area contributed by atoms with Gasteiger partial charge in [-0.2, -0.15) is 0 Å². The fourth-order valence-electron chi connectivity index (χ4n) is 0.945. The predicted octanol–water partition coefficient (Wildman–Crippen LogP) is -0.953. The van der Waals surface area contributed by atoms with Crippen molar-refractivity contribution >= 4 is 11.9 Å². The lowest BCUT2D eigenvalue weighted by molar-refractivity contribution is -0.122. The molecule has 0 radical (unpaired) electrons. The molecule has 0 atom stereocenters. The molecule has 0 aliphatic heterocycles. The van der Waals surface area contributed by atoms with Gasteiger partial charge in [-0.15, -0.1) is 0 Å². The first-order chi connectivity index (χ1) is 6.24. The fraction of sp³-hybridized carbons (Fsp3) is 0.750. The van der Waals surface area contributed by atoms with Gasteiger partial charge in [-0.1, -0.05) is 0 Å². The van der Waals surface area contributed by atoms with Crippen LogP contribution in [0.5, 0.6) is 0 Å². The molecule has 1 aliphatic rings. The molecule has 1 saturated carbocycles. The number of nitrogens with two attached hydrogens (primary N) is 1. The summed E-state index contributed by atoms with van der Waals surface area (Å²) in [5.74, 6) is 0.840. The number of amides is 1. The highest BCUT2D eigenvalue weighted by Gasteiger charge is 2.28. The van der Waals surface area contributed by atoms with Gasteiger partial charge in [-0.3, -0.25) is 9.79 Å². The van der Waals surface area contributed by atoms with Gasteiger partial charge in [0.15, 0.2) is 5.96 Å². The van der Waals surface area contributed by atoms with E-state index in [4.69, 9.17) is 5.73 Å². The van der Waals surface area contributed by atoms with Gasteiger partial charge in [0.05, 0.1) is 0 Å². The van der Waals surface area contributed by atoms with Gasteiger partial charge in [0.2, 0.25) is 5.91 Å². The highest BCUT2D eigenvalue weighted by Crippen LogP contribution is 2.28. The SMILES string of the molecule is CN=C(N)NCCNC(=O)C1CC1. The third-order valence-corrected chi connectivity index (χ3v) is 1.92. The molecule has 0 aromatic carbocycles. The quantitative estimate of drug-likeness (QED) is 0.299. The molecule has 5 heteroatoms. The smallest absolute Gasteiger partial charge is 0.223 e. The first-order valence-electron chi connectivity index (χ1n) is 4.48. The number of guanidine groups is 1. The van der Waals surface area contributed by atoms with Crippen LogP contribution in [0.15, 0.2) is 4.99 Å². The third kappa shape index (κ3) is 3.78. The Labute approximate surface area is 77.8 Å². The van der Waals surface area contributed by atoms with E-state index in [0.29, 0.717) is 19.0 Å². The second-order valence-corrected chi connectivity index (χ2v) is 3.10. The molecule has 0 unspecified atom stereocenters. The monoisotopic (exact) mass is 184 g/mol. The van der Waals surface area contributed by atoms with E-state index in [-0.39, 0.29) is 11.8 Å². The average molecular weight is 184 g/mol. The van der Waals surface area contributed by atoms with Gasteiger partial charge in [0.25, 0.3) is 0 Å². The number of carbonyl (C=O) groups is 1. The number of aliphatic imine (C=N–C) groups is 1. The maximum absolute atomic E-state index is 11.1. The lowest BCUT2D eigenvalue weighted by Crippen LogP contribution is -2.38. The van der Waals surface area contributed by atoms with Crippen molar-refractivity contribution in [1.82, 2.24) is 10.6 Å². The summed E-state index contributed by atoms with van der Waals surface area (Å²) in [4.78, 5) is 14.8. The Hall–Kier alpha value is -1.26. The van der Waals surface area contributed by atoms with E-state index in [1.807, 2.05) is 0 Å². The van der Waals surface area contributed by atoms with Gasteiger partial charge >= 0.3 is 0 Å². The summed E-state index contributed by atoms with van der Waals surface area (Å²) in [6.07, 6.45) is 2.08. The highest BCUT2D eigenvalue weighted by molar-refractivity contribution is 5.81. The van der Waals surface area contributed by atoms with E-state index >= 15 is 0 Å². The summed E-state index contributed by atoms with van der Waals surface area (Å²) in [5, 5.41) is 5.67. The van der Waals surface area contributed by atoms with Crippen molar-refractivity contribution in [3.63, 3.8) is 0 Å². The van der Waals surface area contributed by atoms with E-state index in [2.05, 4.69) is 15.6 Å². The largest absolute Gasteiger partial charge is 0.370 e. The van der Waals surface area contributed by atoms with Crippen LogP contribution in [0.4, 0.5) is 0 Å². The number of carbonyl (C=O) groups excluding carboxylic acids is 1. The molecular formula is C8H16N4O. The van der Waals surface area contributed by atoms with Crippen LogP contribution < -0.4 is 16.4 Å². The Morgan fingerprint density at radius 2 is 2.08 bits per heavy atom. The summed E-state index contributed by atoms with van der Waals surface area (Å²) >= 11 is 0. The zero-order valence-corrected chi connectivity index (χ0v) is 7.84. The molecule has 0 heterocycles. The number of nitrogens with one attached hydrogen (secondary N) is 2. The maximum atomic E-state index is 11.1. The van der Waals surface area contributed by atoms with E-state index in [1.54, 1.807) is 7.05 Å². The average Bonchev–Trinajstić information content (AvgIpc) is 2.94. The Bertz CT molecular complexity index is 210. The van der Waals surface area contributed by atoms with Crippen LogP contribution in [-0.4, -0.2) is 32.0 Å². The lowest BCUT2D eigenvalue weighted by Gasteiger charge is -2.05. The molecule has 1 amide bonds. The summed E-state index contributed by atoms with van der Waals surface area (Å²) in [6, 6.07) is 0. The number of hydrogen-bond acceptors (Lipinski definition) is 2. The zero-order chi connectivity index (χ0) is 9.68. The van der Waals surface area contributed by atoms with Crippen LogP contribution in [0.25, 0.3) is 0 Å². The summed E-state index contributed by atoms with van der Waals surface area (Å²) in [7, 11) is 1.62. The molecule has 0 bridgehead atoms. The van der Waals surface area contributed by atoms with Crippen LogP contribution >= 0.6 is 0 Å². The minimum Gasteiger partial charge on any atom is -0.370 e. The Kier molecular flexibility index (Phi) is 3.54. The molecule has 0 aromatic rings. The Morgan fingerprint density at radius 1 is 1.46 bits per heavy atom. The molecule has 5 nitrogen and oxygen atoms in total. The van der Waals surface area contributed by atoms with E-state index < -0.39 is 0 Å². The molecule has 4 N–H and O–H groups in total. The zero-order valence-electron chi connectivity index (χ0n) is 7.84. The number of rotatable bonds is 4. The highest BCUT2D eigenvalue weighted by atomic mass is 16.2. The standard InChI is InChI=1S/C8H16N4O/c1-10-8(9)12-5-4-11-7(13)6-2-3-6/h6H,2-5H2,1H3,(H,11,13)(H3,9,10,12). The molecule has 74 valence electrons. The van der Waals surface area contributed by atoms with E-state index in [0.717, 1.165) is 12.8 Å². The fourth-order valence-corrected chi connectivity index (χ4v) is 0.945. The Balaban J connectivity index is 1.97. The minimum absolute atomic E-state index is 0.161. The van der Waals surface area contributed by atoms with Crippen molar-refractivity contribution < 1.29 is 4.79 Å². The minimum atomic E-state index is 0.161. The van der Waals surface area contributed by atoms with Gasteiger partial charge in [0.1, 0.15) is 0 Å². The maximum Gasteiger partial charge on any atom is 0.223 e. The van der Waals surface area contributed by atoms with Crippen molar-refractivity contribution in [3.05, 3.63) is 0 Å². The van der Waals surface area contributed by atoms with E-state index in [1.165, 1.54) is 0 Å². The summed E-state index contributed by atoms with van der Waals surface area (Å²) < 4.78 is 0. The predicted molar refractivity (Wildman–Crippen MR) is 51.3 cm³/mol. The van der Waals surface area contributed by atoms with Crippen molar-refractivity contribution in [2.45, 2.75) is 12.8 Å². The van der Waals surface area contributed by atoms with E-state index in [9.17, 15) is 4.79 Å². The summed E-state index contributed by atoms with van der Waals surface area (Å²) in [6.45, 7) is 1.23. The molecule has 1 fully saturated rings. The van der Waals surface area contributed by atoms with Gasteiger partial charge in [-0.05, 0) is 12.8 Å². The lowest BCUT2D eigenvalue weighted by atomic mass is 10.4. The third-order valence-electron chi connectivity index (χ3n) is 1.92. The normalized spacial score (nSPS) is 16.8. The van der Waals surface area contributed by atoms with Crippen molar-refractivity contribution in [2.75, 3.05) is 20.1 Å². The summed E-state index contributed by atoms with van der Waals surface area (Å²) in [5.41, 5.74) is 5.39. The number of nitrogens with zero attached hydrogens (tertiary/aromatic N) is 1. The van der Waals surface area contributed by atoms with Gasteiger partial charge in [0, 0.05) is 26.1 Å². The van der Waals surface area contributed by atoms with Crippen LogP contribution in [0.3, 0.4) is 0 Å². The first kappa shape index (κ1) is 9.83. The van der Waals surface area contributed by atoms with Gasteiger partial charge < -0.3 is 16.4 Å².